The summed E-state index contributed by atoms with van der Waals surface area (Å²) in [6, 6.07) is 5.79. The fourth-order valence-corrected chi connectivity index (χ4v) is 1.89. The van der Waals surface area contributed by atoms with E-state index < -0.39 is 5.82 Å². The Morgan fingerprint density at radius 1 is 1.18 bits per heavy atom. The van der Waals surface area contributed by atoms with E-state index in [1.807, 2.05) is 6.92 Å². The van der Waals surface area contributed by atoms with E-state index in [1.165, 1.54) is 12.1 Å². The molecule has 1 aromatic carbocycles. The van der Waals surface area contributed by atoms with Gasteiger partial charge in [0.15, 0.2) is 5.82 Å². The van der Waals surface area contributed by atoms with Crippen molar-refractivity contribution in [3.63, 3.8) is 0 Å². The van der Waals surface area contributed by atoms with Gasteiger partial charge in [0.25, 0.3) is 0 Å². The van der Waals surface area contributed by atoms with E-state index in [2.05, 4.69) is 9.97 Å². The molecule has 0 aliphatic heterocycles. The lowest BCUT2D eigenvalue weighted by atomic mass is 10.2. The maximum absolute atomic E-state index is 12.9. The Kier molecular flexibility index (Phi) is 3.60. The third-order valence-electron chi connectivity index (χ3n) is 2.28. The van der Waals surface area contributed by atoms with Crippen LogP contribution < -0.4 is 0 Å². The molecule has 0 fully saturated rings. The summed E-state index contributed by atoms with van der Waals surface area (Å²) in [4.78, 5) is 8.40. The highest BCUT2D eigenvalue weighted by molar-refractivity contribution is 6.33. The van der Waals surface area contributed by atoms with E-state index in [0.29, 0.717) is 16.5 Å². The minimum atomic E-state index is -0.392. The van der Waals surface area contributed by atoms with Gasteiger partial charge < -0.3 is 0 Å². The molecule has 5 heteroatoms. The smallest absolute Gasteiger partial charge is 0.162 e. The third kappa shape index (κ3) is 2.73. The summed E-state index contributed by atoms with van der Waals surface area (Å²) in [7, 11) is 0. The van der Waals surface area contributed by atoms with E-state index in [1.54, 1.807) is 12.1 Å². The lowest BCUT2D eigenvalue weighted by Crippen LogP contribution is -1.95. The highest BCUT2D eigenvalue weighted by atomic mass is 35.5. The van der Waals surface area contributed by atoms with Gasteiger partial charge in [-0.1, -0.05) is 30.1 Å². The second kappa shape index (κ2) is 4.98. The maximum atomic E-state index is 12.9. The molecule has 1 aromatic heterocycles. The summed E-state index contributed by atoms with van der Waals surface area (Å²) in [5.74, 6) is 0.0239. The largest absolute Gasteiger partial charge is 0.233 e. The van der Waals surface area contributed by atoms with Gasteiger partial charge in [-0.2, -0.15) is 0 Å². The van der Waals surface area contributed by atoms with Crippen LogP contribution in [0.5, 0.6) is 0 Å². The Bertz CT molecular complexity index is 558. The molecule has 0 bridgehead atoms. The minimum absolute atomic E-state index is 0.273. The molecule has 0 atom stereocenters. The molecule has 1 heterocycles. The summed E-state index contributed by atoms with van der Waals surface area (Å²) >= 11 is 11.8. The summed E-state index contributed by atoms with van der Waals surface area (Å²) in [5.41, 5.74) is 1.39. The molecule has 0 saturated heterocycles. The van der Waals surface area contributed by atoms with Crippen LogP contribution in [0.4, 0.5) is 4.39 Å². The first-order chi connectivity index (χ1) is 8.10. The van der Waals surface area contributed by atoms with Gasteiger partial charge in [0.05, 0.1) is 5.02 Å². The molecule has 2 aromatic rings. The lowest BCUT2D eigenvalue weighted by Gasteiger charge is -2.05. The molecule has 2 nitrogen and oxygen atoms in total. The molecule has 88 valence electrons. The summed E-state index contributed by atoms with van der Waals surface area (Å²) in [6.45, 7) is 1.97. The third-order valence-corrected chi connectivity index (χ3v) is 2.79. The van der Waals surface area contributed by atoms with Gasteiger partial charge in [-0.05, 0) is 30.7 Å². The van der Waals surface area contributed by atoms with Crippen molar-refractivity contribution in [1.29, 1.82) is 0 Å². The average Bonchev–Trinajstić information content (AvgIpc) is 2.28. The van der Waals surface area contributed by atoms with Crippen LogP contribution in [0.25, 0.3) is 11.4 Å². The lowest BCUT2D eigenvalue weighted by molar-refractivity contribution is 0.628. The van der Waals surface area contributed by atoms with E-state index in [9.17, 15) is 4.39 Å². The number of aromatic nitrogens is 2. The number of hydrogen-bond acceptors (Lipinski definition) is 2. The number of aryl methyl sites for hydroxylation is 1. The van der Waals surface area contributed by atoms with Crippen molar-refractivity contribution in [2.45, 2.75) is 13.3 Å². The minimum Gasteiger partial charge on any atom is -0.233 e. The average molecular weight is 271 g/mol. The molecule has 0 unspecified atom stereocenters. The van der Waals surface area contributed by atoms with E-state index >= 15 is 0 Å². The molecule has 0 N–H and O–H groups in total. The Morgan fingerprint density at radius 3 is 2.59 bits per heavy atom. The molecule has 0 aliphatic rings. The van der Waals surface area contributed by atoms with Crippen LogP contribution in [0.15, 0.2) is 24.3 Å². The Labute approximate surface area is 108 Å². The molecule has 0 saturated carbocycles. The Hall–Kier alpha value is -1.19. The first-order valence-electron chi connectivity index (χ1n) is 5.09. The highest BCUT2D eigenvalue weighted by Gasteiger charge is 2.09. The summed E-state index contributed by atoms with van der Waals surface area (Å²) in [5, 5.41) is 0.626. The van der Waals surface area contributed by atoms with E-state index in [0.717, 1.165) is 12.1 Å². The van der Waals surface area contributed by atoms with Crippen LogP contribution in [-0.4, -0.2) is 9.97 Å². The monoisotopic (exact) mass is 270 g/mol. The zero-order chi connectivity index (χ0) is 12.4. The van der Waals surface area contributed by atoms with Crippen molar-refractivity contribution in [3.8, 4) is 11.4 Å². The summed E-state index contributed by atoms with van der Waals surface area (Å²) in [6.07, 6.45) is 0.744. The molecule has 17 heavy (non-hydrogen) atoms. The number of nitrogens with zero attached hydrogens (tertiary/aromatic N) is 2. The van der Waals surface area contributed by atoms with Crippen LogP contribution >= 0.6 is 23.2 Å². The fourth-order valence-electron chi connectivity index (χ4n) is 1.44. The second-order valence-corrected chi connectivity index (χ2v) is 4.28. The van der Waals surface area contributed by atoms with Crippen LogP contribution in [0.2, 0.25) is 10.2 Å². The van der Waals surface area contributed by atoms with E-state index in [4.69, 9.17) is 23.2 Å². The van der Waals surface area contributed by atoms with Crippen LogP contribution in [0.3, 0.4) is 0 Å². The van der Waals surface area contributed by atoms with Crippen molar-refractivity contribution in [2.24, 2.45) is 0 Å². The van der Waals surface area contributed by atoms with Gasteiger partial charge in [-0.25, -0.2) is 14.4 Å². The van der Waals surface area contributed by atoms with E-state index in [-0.39, 0.29) is 5.02 Å². The number of rotatable bonds is 2. The highest BCUT2D eigenvalue weighted by Crippen LogP contribution is 2.27. The standard InChI is InChI=1S/C12H9Cl2FN2/c1-2-8-6-11(14)17-12(16-8)9-4-3-7(15)5-10(9)13/h3-6H,2H2,1H3. The first-order valence-corrected chi connectivity index (χ1v) is 5.84. The zero-order valence-electron chi connectivity index (χ0n) is 9.04. The quantitative estimate of drug-likeness (QED) is 0.767. The molecular weight excluding hydrogens is 262 g/mol. The van der Waals surface area contributed by atoms with Gasteiger partial charge in [0, 0.05) is 11.3 Å². The van der Waals surface area contributed by atoms with Crippen LogP contribution in [0.1, 0.15) is 12.6 Å². The molecular formula is C12H9Cl2FN2. The topological polar surface area (TPSA) is 25.8 Å². The van der Waals surface area contributed by atoms with Gasteiger partial charge >= 0.3 is 0 Å². The molecule has 0 radical (unpaired) electrons. The first kappa shape index (κ1) is 12.3. The van der Waals surface area contributed by atoms with Gasteiger partial charge in [0.2, 0.25) is 0 Å². The van der Waals surface area contributed by atoms with Gasteiger partial charge in [-0.3, -0.25) is 0 Å². The molecule has 0 aliphatic carbocycles. The predicted octanol–water partition coefficient (Wildman–Crippen LogP) is 4.15. The van der Waals surface area contributed by atoms with Crippen LogP contribution in [-0.2, 0) is 6.42 Å². The Balaban J connectivity index is 2.55. The normalized spacial score (nSPS) is 10.6. The number of halogens is 3. The molecule has 0 amide bonds. The van der Waals surface area contributed by atoms with Crippen LogP contribution in [0, 0.1) is 5.82 Å². The summed E-state index contributed by atoms with van der Waals surface area (Å²) < 4.78 is 12.9. The number of hydrogen-bond donors (Lipinski definition) is 0. The fraction of sp³-hybridized carbons (Fsp3) is 0.167. The van der Waals surface area contributed by atoms with Crippen molar-refractivity contribution in [1.82, 2.24) is 9.97 Å². The molecule has 0 spiro atoms. The Morgan fingerprint density at radius 2 is 1.94 bits per heavy atom. The van der Waals surface area contributed by atoms with Crippen molar-refractivity contribution in [3.05, 3.63) is 46.0 Å². The predicted molar refractivity (Wildman–Crippen MR) is 66.8 cm³/mol. The van der Waals surface area contributed by atoms with Gasteiger partial charge in [0.1, 0.15) is 11.0 Å². The molecule has 2 rings (SSSR count). The van der Waals surface area contributed by atoms with Crippen molar-refractivity contribution >= 4 is 23.2 Å². The SMILES string of the molecule is CCc1cc(Cl)nc(-c2ccc(F)cc2Cl)n1. The second-order valence-electron chi connectivity index (χ2n) is 3.48. The van der Waals surface area contributed by atoms with Crippen molar-refractivity contribution < 1.29 is 4.39 Å². The van der Waals surface area contributed by atoms with Gasteiger partial charge in [-0.15, -0.1) is 0 Å². The zero-order valence-corrected chi connectivity index (χ0v) is 10.6. The maximum Gasteiger partial charge on any atom is 0.162 e. The van der Waals surface area contributed by atoms with Crippen molar-refractivity contribution in [2.75, 3.05) is 0 Å². The number of benzene rings is 1.